The Bertz CT molecular complexity index is 393. The maximum absolute atomic E-state index is 11.3. The van der Waals surface area contributed by atoms with Gasteiger partial charge in [0.15, 0.2) is 0 Å². The normalized spacial score (nSPS) is 10.9. The fraction of sp³-hybridized carbons (Fsp3) is 0.167. The minimum absolute atomic E-state index is 0.200. The number of hydrogen-bond donors (Lipinski definition) is 1. The van der Waals surface area contributed by atoms with E-state index in [1.54, 1.807) is 13.0 Å². The molecule has 1 N–H and O–H groups in total. The summed E-state index contributed by atoms with van der Waals surface area (Å²) < 4.78 is 4.60. The quantitative estimate of drug-likeness (QED) is 0.465. The van der Waals surface area contributed by atoms with Gasteiger partial charge in [-0.3, -0.25) is 0 Å². The van der Waals surface area contributed by atoms with Crippen molar-refractivity contribution in [2.24, 2.45) is 0 Å². The van der Waals surface area contributed by atoms with Crippen molar-refractivity contribution in [1.29, 1.82) is 5.41 Å². The summed E-state index contributed by atoms with van der Waals surface area (Å²) in [6.45, 7) is 1.56. The van der Waals surface area contributed by atoms with Crippen molar-refractivity contribution < 1.29 is 9.53 Å². The standard InChI is InChI=1S/C12H13NO2/c1-9(13)11(12(14)15-2)8-10-6-4-3-5-7-10/h3-8,13H,1-2H3. The summed E-state index contributed by atoms with van der Waals surface area (Å²) in [5.41, 5.74) is 1.36. The number of ether oxygens (including phenoxy) is 1. The molecular weight excluding hydrogens is 190 g/mol. The van der Waals surface area contributed by atoms with E-state index in [0.29, 0.717) is 0 Å². The van der Waals surface area contributed by atoms with Crippen LogP contribution in [-0.2, 0) is 9.53 Å². The van der Waals surface area contributed by atoms with Gasteiger partial charge in [0.05, 0.1) is 12.7 Å². The number of carbonyl (C=O) groups excluding carboxylic acids is 1. The Morgan fingerprint density at radius 3 is 2.40 bits per heavy atom. The van der Waals surface area contributed by atoms with Crippen LogP contribution in [0.3, 0.4) is 0 Å². The summed E-state index contributed by atoms with van der Waals surface area (Å²) in [5, 5.41) is 7.47. The average Bonchev–Trinajstić information content (AvgIpc) is 2.26. The van der Waals surface area contributed by atoms with E-state index in [-0.39, 0.29) is 11.3 Å². The molecule has 0 aromatic heterocycles. The molecule has 0 radical (unpaired) electrons. The number of benzene rings is 1. The first-order chi connectivity index (χ1) is 7.15. The van der Waals surface area contributed by atoms with Gasteiger partial charge in [0.2, 0.25) is 0 Å². The van der Waals surface area contributed by atoms with Gasteiger partial charge in [0.1, 0.15) is 0 Å². The van der Waals surface area contributed by atoms with Crippen LogP contribution in [0.1, 0.15) is 12.5 Å². The lowest BCUT2D eigenvalue weighted by atomic mass is 10.1. The van der Waals surface area contributed by atoms with E-state index in [1.807, 2.05) is 30.3 Å². The first-order valence-electron chi connectivity index (χ1n) is 4.55. The van der Waals surface area contributed by atoms with E-state index in [1.165, 1.54) is 7.11 Å². The Labute approximate surface area is 88.9 Å². The van der Waals surface area contributed by atoms with Crippen LogP contribution in [0.2, 0.25) is 0 Å². The smallest absolute Gasteiger partial charge is 0.339 e. The van der Waals surface area contributed by atoms with Gasteiger partial charge in [-0.2, -0.15) is 0 Å². The first-order valence-corrected chi connectivity index (χ1v) is 4.55. The summed E-state index contributed by atoms with van der Waals surface area (Å²) in [4.78, 5) is 11.3. The summed E-state index contributed by atoms with van der Waals surface area (Å²) in [5.74, 6) is -0.480. The number of hydrogen-bond acceptors (Lipinski definition) is 3. The molecule has 1 rings (SSSR count). The van der Waals surface area contributed by atoms with Gasteiger partial charge in [-0.15, -0.1) is 0 Å². The van der Waals surface area contributed by atoms with Gasteiger partial charge >= 0.3 is 5.97 Å². The Hall–Kier alpha value is -1.90. The van der Waals surface area contributed by atoms with E-state index in [4.69, 9.17) is 5.41 Å². The summed E-state index contributed by atoms with van der Waals surface area (Å²) in [7, 11) is 1.31. The van der Waals surface area contributed by atoms with Crippen LogP contribution >= 0.6 is 0 Å². The number of rotatable bonds is 3. The van der Waals surface area contributed by atoms with E-state index in [0.717, 1.165) is 5.56 Å². The molecule has 0 aliphatic heterocycles. The molecule has 0 aliphatic carbocycles. The van der Waals surface area contributed by atoms with Crippen molar-refractivity contribution in [3.63, 3.8) is 0 Å². The Kier molecular flexibility index (Phi) is 3.80. The van der Waals surface area contributed by atoms with Gasteiger partial charge in [0, 0.05) is 5.71 Å². The van der Waals surface area contributed by atoms with Crippen LogP contribution in [0.5, 0.6) is 0 Å². The van der Waals surface area contributed by atoms with Crippen molar-refractivity contribution >= 4 is 17.8 Å². The second kappa shape index (κ2) is 5.10. The van der Waals surface area contributed by atoms with Gasteiger partial charge < -0.3 is 10.1 Å². The lowest BCUT2D eigenvalue weighted by Gasteiger charge is -2.03. The van der Waals surface area contributed by atoms with Crippen LogP contribution in [0.4, 0.5) is 0 Å². The molecule has 0 heterocycles. The highest BCUT2D eigenvalue weighted by molar-refractivity contribution is 6.20. The third kappa shape index (κ3) is 3.06. The molecule has 78 valence electrons. The van der Waals surface area contributed by atoms with E-state index < -0.39 is 5.97 Å². The maximum atomic E-state index is 11.3. The van der Waals surface area contributed by atoms with Crippen molar-refractivity contribution in [3.8, 4) is 0 Å². The molecule has 0 aliphatic rings. The van der Waals surface area contributed by atoms with Gasteiger partial charge in [-0.05, 0) is 18.6 Å². The molecule has 0 spiro atoms. The van der Waals surface area contributed by atoms with Crippen LogP contribution in [0.25, 0.3) is 6.08 Å². The van der Waals surface area contributed by atoms with Crippen molar-refractivity contribution in [2.75, 3.05) is 7.11 Å². The molecule has 1 aromatic rings. The molecule has 0 saturated carbocycles. The predicted octanol–water partition coefficient (Wildman–Crippen LogP) is 2.28. The molecule has 15 heavy (non-hydrogen) atoms. The number of esters is 1. The fourth-order valence-corrected chi connectivity index (χ4v) is 1.15. The zero-order valence-electron chi connectivity index (χ0n) is 8.78. The third-order valence-corrected chi connectivity index (χ3v) is 1.92. The van der Waals surface area contributed by atoms with Gasteiger partial charge in [0.25, 0.3) is 0 Å². The highest BCUT2D eigenvalue weighted by Crippen LogP contribution is 2.08. The topological polar surface area (TPSA) is 50.2 Å². The van der Waals surface area contributed by atoms with Gasteiger partial charge in [-0.25, -0.2) is 4.79 Å². The Morgan fingerprint density at radius 1 is 1.33 bits per heavy atom. The zero-order chi connectivity index (χ0) is 11.3. The molecule has 0 unspecified atom stereocenters. The van der Waals surface area contributed by atoms with Crippen LogP contribution in [-0.4, -0.2) is 18.8 Å². The highest BCUT2D eigenvalue weighted by atomic mass is 16.5. The minimum Gasteiger partial charge on any atom is -0.465 e. The van der Waals surface area contributed by atoms with Crippen molar-refractivity contribution in [2.45, 2.75) is 6.92 Å². The number of carbonyl (C=O) groups is 1. The number of nitrogens with one attached hydrogen (secondary N) is 1. The molecule has 0 bridgehead atoms. The lowest BCUT2D eigenvalue weighted by molar-refractivity contribution is -0.135. The predicted molar refractivity (Wildman–Crippen MR) is 59.8 cm³/mol. The Morgan fingerprint density at radius 2 is 1.93 bits per heavy atom. The fourth-order valence-electron chi connectivity index (χ4n) is 1.15. The van der Waals surface area contributed by atoms with Crippen LogP contribution < -0.4 is 0 Å². The molecular formula is C12H13NO2. The second-order valence-electron chi connectivity index (χ2n) is 3.09. The maximum Gasteiger partial charge on any atom is 0.339 e. The third-order valence-electron chi connectivity index (χ3n) is 1.92. The summed E-state index contributed by atoms with van der Waals surface area (Å²) in [6, 6.07) is 9.38. The molecule has 3 nitrogen and oxygen atoms in total. The zero-order valence-corrected chi connectivity index (χ0v) is 8.78. The molecule has 0 amide bonds. The average molecular weight is 203 g/mol. The number of methoxy groups -OCH3 is 1. The molecule has 1 aromatic carbocycles. The largest absolute Gasteiger partial charge is 0.465 e. The molecule has 3 heteroatoms. The molecule has 0 saturated heterocycles. The molecule has 0 fully saturated rings. The van der Waals surface area contributed by atoms with Crippen molar-refractivity contribution in [1.82, 2.24) is 0 Å². The van der Waals surface area contributed by atoms with Gasteiger partial charge in [-0.1, -0.05) is 30.3 Å². The molecule has 0 atom stereocenters. The minimum atomic E-state index is -0.480. The van der Waals surface area contributed by atoms with E-state index >= 15 is 0 Å². The van der Waals surface area contributed by atoms with Crippen molar-refractivity contribution in [3.05, 3.63) is 41.5 Å². The van der Waals surface area contributed by atoms with Crippen LogP contribution in [0, 0.1) is 5.41 Å². The van der Waals surface area contributed by atoms with E-state index in [2.05, 4.69) is 4.74 Å². The lowest BCUT2D eigenvalue weighted by Crippen LogP contribution is -2.10. The highest BCUT2D eigenvalue weighted by Gasteiger charge is 2.11. The summed E-state index contributed by atoms with van der Waals surface area (Å²) in [6.07, 6.45) is 1.65. The monoisotopic (exact) mass is 203 g/mol. The van der Waals surface area contributed by atoms with Crippen LogP contribution in [0.15, 0.2) is 35.9 Å². The second-order valence-corrected chi connectivity index (χ2v) is 3.09. The van der Waals surface area contributed by atoms with E-state index in [9.17, 15) is 4.79 Å². The SMILES string of the molecule is COC(=O)C(=Cc1ccccc1)C(C)=N. The Balaban J connectivity index is 3.05. The summed E-state index contributed by atoms with van der Waals surface area (Å²) >= 11 is 0. The first kappa shape index (κ1) is 11.2.